The van der Waals surface area contributed by atoms with Gasteiger partial charge in [-0.2, -0.15) is 5.26 Å². The first-order chi connectivity index (χ1) is 11.8. The molecular weight excluding hydrogens is 304 g/mol. The third kappa shape index (κ3) is 3.54. The summed E-state index contributed by atoms with van der Waals surface area (Å²) in [5, 5.41) is 11.8. The zero-order valence-electron chi connectivity index (χ0n) is 12.5. The number of carbonyl (C=O) groups excluding carboxylic acids is 1. The number of pyridine rings is 2. The van der Waals surface area contributed by atoms with Gasteiger partial charge in [0.2, 0.25) is 5.88 Å². The number of aromatic nitrogens is 2. The lowest BCUT2D eigenvalue weighted by Crippen LogP contribution is -2.11. The first-order valence-electron chi connectivity index (χ1n) is 7.10. The highest BCUT2D eigenvalue weighted by Gasteiger charge is 2.08. The average Bonchev–Trinajstić information content (AvgIpc) is 2.63. The van der Waals surface area contributed by atoms with Crippen molar-refractivity contribution in [2.24, 2.45) is 0 Å². The number of hydrogen-bond acceptors (Lipinski definition) is 5. The molecule has 0 aliphatic rings. The molecule has 2 aromatic heterocycles. The van der Waals surface area contributed by atoms with Gasteiger partial charge in [0.05, 0.1) is 11.9 Å². The summed E-state index contributed by atoms with van der Waals surface area (Å²) in [6, 6.07) is 15.4. The largest absolute Gasteiger partial charge is 0.438 e. The van der Waals surface area contributed by atoms with Crippen molar-refractivity contribution in [3.63, 3.8) is 0 Å². The van der Waals surface area contributed by atoms with Crippen molar-refractivity contribution in [2.75, 3.05) is 5.32 Å². The third-order valence-corrected chi connectivity index (χ3v) is 3.14. The molecule has 6 nitrogen and oxygen atoms in total. The summed E-state index contributed by atoms with van der Waals surface area (Å²) in [6.45, 7) is 0. The number of rotatable bonds is 4. The SMILES string of the molecule is N#Cc1cccnc1Oc1ccc(C(=O)Nc2cccnc2)cc1. The number of anilines is 1. The van der Waals surface area contributed by atoms with Crippen LogP contribution in [0, 0.1) is 11.3 Å². The van der Waals surface area contributed by atoms with Crippen LogP contribution < -0.4 is 10.1 Å². The minimum Gasteiger partial charge on any atom is -0.438 e. The summed E-state index contributed by atoms with van der Waals surface area (Å²) in [6.07, 6.45) is 4.75. The van der Waals surface area contributed by atoms with E-state index in [0.717, 1.165) is 0 Å². The number of amides is 1. The van der Waals surface area contributed by atoms with Crippen LogP contribution >= 0.6 is 0 Å². The van der Waals surface area contributed by atoms with Gasteiger partial charge < -0.3 is 10.1 Å². The minimum absolute atomic E-state index is 0.229. The Morgan fingerprint density at radius 1 is 1.08 bits per heavy atom. The molecule has 0 atom stereocenters. The molecule has 6 heteroatoms. The van der Waals surface area contributed by atoms with Crippen LogP contribution in [0.25, 0.3) is 0 Å². The van der Waals surface area contributed by atoms with E-state index in [1.807, 2.05) is 6.07 Å². The molecule has 0 fully saturated rings. The highest BCUT2D eigenvalue weighted by molar-refractivity contribution is 6.04. The normalized spacial score (nSPS) is 9.79. The molecule has 1 amide bonds. The topological polar surface area (TPSA) is 87.9 Å². The Kier molecular flexibility index (Phi) is 4.45. The summed E-state index contributed by atoms with van der Waals surface area (Å²) >= 11 is 0. The molecule has 0 saturated carbocycles. The second kappa shape index (κ2) is 7.03. The molecule has 0 unspecified atom stereocenters. The van der Waals surface area contributed by atoms with E-state index >= 15 is 0 Å². The number of nitrogens with one attached hydrogen (secondary N) is 1. The lowest BCUT2D eigenvalue weighted by molar-refractivity contribution is 0.102. The Balaban J connectivity index is 1.71. The van der Waals surface area contributed by atoms with Crippen LogP contribution in [0.4, 0.5) is 5.69 Å². The van der Waals surface area contributed by atoms with E-state index in [1.54, 1.807) is 67.1 Å². The quantitative estimate of drug-likeness (QED) is 0.797. The van der Waals surface area contributed by atoms with E-state index in [1.165, 1.54) is 0 Å². The van der Waals surface area contributed by atoms with Gasteiger partial charge in [0, 0.05) is 18.0 Å². The van der Waals surface area contributed by atoms with Gasteiger partial charge in [-0.3, -0.25) is 9.78 Å². The predicted octanol–water partition coefficient (Wildman–Crippen LogP) is 3.39. The lowest BCUT2D eigenvalue weighted by Gasteiger charge is -2.07. The highest BCUT2D eigenvalue weighted by atomic mass is 16.5. The van der Waals surface area contributed by atoms with Gasteiger partial charge >= 0.3 is 0 Å². The molecule has 0 radical (unpaired) electrons. The highest BCUT2D eigenvalue weighted by Crippen LogP contribution is 2.22. The number of nitrogens with zero attached hydrogens (tertiary/aromatic N) is 3. The Bertz CT molecular complexity index is 887. The maximum atomic E-state index is 12.1. The molecule has 1 N–H and O–H groups in total. The second-order valence-electron chi connectivity index (χ2n) is 4.79. The van der Waals surface area contributed by atoms with E-state index in [9.17, 15) is 4.79 Å². The molecule has 116 valence electrons. The molecule has 0 aliphatic heterocycles. The van der Waals surface area contributed by atoms with E-state index in [2.05, 4.69) is 15.3 Å². The summed E-state index contributed by atoms with van der Waals surface area (Å²) in [4.78, 5) is 20.1. The van der Waals surface area contributed by atoms with Crippen LogP contribution in [-0.2, 0) is 0 Å². The van der Waals surface area contributed by atoms with Crippen LogP contribution in [0.15, 0.2) is 67.1 Å². The lowest BCUT2D eigenvalue weighted by atomic mass is 10.2. The number of benzene rings is 1. The molecule has 2 heterocycles. The minimum atomic E-state index is -0.245. The van der Waals surface area contributed by atoms with Crippen molar-refractivity contribution >= 4 is 11.6 Å². The first kappa shape index (κ1) is 15.2. The molecule has 0 aliphatic carbocycles. The van der Waals surface area contributed by atoms with Gasteiger partial charge in [-0.15, -0.1) is 0 Å². The van der Waals surface area contributed by atoms with Gasteiger partial charge in [-0.1, -0.05) is 0 Å². The van der Waals surface area contributed by atoms with E-state index in [0.29, 0.717) is 22.6 Å². The van der Waals surface area contributed by atoms with E-state index in [-0.39, 0.29) is 11.8 Å². The summed E-state index contributed by atoms with van der Waals surface area (Å²) in [5.74, 6) is 0.473. The van der Waals surface area contributed by atoms with Gasteiger partial charge in [0.15, 0.2) is 0 Å². The monoisotopic (exact) mass is 316 g/mol. The fourth-order valence-electron chi connectivity index (χ4n) is 1.98. The third-order valence-electron chi connectivity index (χ3n) is 3.14. The Morgan fingerprint density at radius 2 is 1.88 bits per heavy atom. The Hall–Kier alpha value is -3.72. The zero-order valence-corrected chi connectivity index (χ0v) is 12.5. The van der Waals surface area contributed by atoms with Gasteiger partial charge in [-0.05, 0) is 48.5 Å². The number of carbonyl (C=O) groups is 1. The fourth-order valence-corrected chi connectivity index (χ4v) is 1.98. The summed E-state index contributed by atoms with van der Waals surface area (Å²) in [7, 11) is 0. The van der Waals surface area contributed by atoms with Crippen molar-refractivity contribution < 1.29 is 9.53 Å². The van der Waals surface area contributed by atoms with Crippen molar-refractivity contribution in [3.8, 4) is 17.7 Å². The molecule has 0 bridgehead atoms. The first-order valence-corrected chi connectivity index (χ1v) is 7.10. The predicted molar refractivity (Wildman–Crippen MR) is 87.7 cm³/mol. The van der Waals surface area contributed by atoms with Crippen molar-refractivity contribution in [2.45, 2.75) is 0 Å². The zero-order chi connectivity index (χ0) is 16.8. The standard InChI is InChI=1S/C18H12N4O2/c19-11-14-3-1-10-21-18(14)24-16-7-5-13(6-8-16)17(23)22-15-4-2-9-20-12-15/h1-10,12H,(H,22,23). The number of hydrogen-bond donors (Lipinski definition) is 1. The van der Waals surface area contributed by atoms with Crippen LogP contribution in [0.1, 0.15) is 15.9 Å². The molecule has 24 heavy (non-hydrogen) atoms. The molecule has 0 spiro atoms. The fraction of sp³-hybridized carbons (Fsp3) is 0. The maximum Gasteiger partial charge on any atom is 0.255 e. The van der Waals surface area contributed by atoms with E-state index in [4.69, 9.17) is 10.00 Å². The van der Waals surface area contributed by atoms with Gasteiger partial charge in [0.1, 0.15) is 17.4 Å². The Morgan fingerprint density at radius 3 is 2.58 bits per heavy atom. The smallest absolute Gasteiger partial charge is 0.255 e. The molecular formula is C18H12N4O2. The Labute approximate surface area is 138 Å². The van der Waals surface area contributed by atoms with Crippen LogP contribution in [-0.4, -0.2) is 15.9 Å². The molecule has 1 aromatic carbocycles. The summed E-state index contributed by atoms with van der Waals surface area (Å²) < 4.78 is 5.58. The van der Waals surface area contributed by atoms with Crippen molar-refractivity contribution in [3.05, 3.63) is 78.2 Å². The second-order valence-corrected chi connectivity index (χ2v) is 4.79. The summed E-state index contributed by atoms with van der Waals surface area (Å²) in [5.41, 5.74) is 1.44. The number of ether oxygens (including phenoxy) is 1. The van der Waals surface area contributed by atoms with Crippen molar-refractivity contribution in [1.82, 2.24) is 9.97 Å². The van der Waals surface area contributed by atoms with Gasteiger partial charge in [0.25, 0.3) is 5.91 Å². The van der Waals surface area contributed by atoms with Crippen LogP contribution in [0.5, 0.6) is 11.6 Å². The van der Waals surface area contributed by atoms with Crippen molar-refractivity contribution in [1.29, 1.82) is 5.26 Å². The van der Waals surface area contributed by atoms with Gasteiger partial charge in [-0.25, -0.2) is 4.98 Å². The molecule has 3 rings (SSSR count). The molecule has 0 saturated heterocycles. The maximum absolute atomic E-state index is 12.1. The van der Waals surface area contributed by atoms with Crippen LogP contribution in [0.3, 0.4) is 0 Å². The average molecular weight is 316 g/mol. The molecule has 3 aromatic rings. The van der Waals surface area contributed by atoms with E-state index < -0.39 is 0 Å². The van der Waals surface area contributed by atoms with Crippen LogP contribution in [0.2, 0.25) is 0 Å². The number of nitriles is 1.